The van der Waals surface area contributed by atoms with E-state index in [0.29, 0.717) is 6.61 Å². The van der Waals surface area contributed by atoms with E-state index < -0.39 is 5.97 Å². The van der Waals surface area contributed by atoms with Gasteiger partial charge >= 0.3 is 5.97 Å². The number of aromatic nitrogens is 1. The van der Waals surface area contributed by atoms with Crippen LogP contribution in [0.5, 0.6) is 5.75 Å². The topological polar surface area (TPSA) is 65.6 Å². The normalized spacial score (nSPS) is 12.2. The van der Waals surface area contributed by atoms with E-state index in [1.54, 1.807) is 0 Å². The Bertz CT molecular complexity index is 1160. The molecule has 0 radical (unpaired) electrons. The maximum Gasteiger partial charge on any atom is 0.352 e. The molecule has 4 aromatic rings. The van der Waals surface area contributed by atoms with Gasteiger partial charge in [0.1, 0.15) is 18.1 Å². The molecule has 1 heterocycles. The molecule has 1 aromatic heterocycles. The van der Waals surface area contributed by atoms with Crippen molar-refractivity contribution in [1.82, 2.24) is 9.88 Å². The fourth-order valence-corrected chi connectivity index (χ4v) is 3.91. The molecule has 0 amide bonds. The molecular formula is C26H26N2O3. The molecular weight excluding hydrogens is 388 g/mol. The number of aromatic amines is 1. The third kappa shape index (κ3) is 4.47. The number of carboxylic acid groups (broad SMARTS) is 1. The molecule has 0 spiro atoms. The lowest BCUT2D eigenvalue weighted by Gasteiger charge is -2.20. The second kappa shape index (κ2) is 9.06. The standard InChI is InChI=1S/C26H26N2O3/c1-28(2)16-17-31-20-14-12-19(13-15-20)23(18-8-4-3-5-9-18)24-21-10-6-7-11-22(21)27-25(24)26(29)30/h3-15,23,27H,16-17H2,1-2H3,(H,29,30). The molecule has 5 heteroatoms. The molecule has 2 N–H and O–H groups in total. The number of carboxylic acids is 1. The lowest BCUT2D eigenvalue weighted by atomic mass is 9.83. The molecule has 0 saturated heterocycles. The predicted octanol–water partition coefficient (Wildman–Crippen LogP) is 4.99. The van der Waals surface area contributed by atoms with Crippen molar-refractivity contribution < 1.29 is 14.6 Å². The Morgan fingerprint density at radius 2 is 1.58 bits per heavy atom. The average molecular weight is 415 g/mol. The van der Waals surface area contributed by atoms with Crippen molar-refractivity contribution in [2.75, 3.05) is 27.2 Å². The Balaban J connectivity index is 1.80. The SMILES string of the molecule is CN(C)CCOc1ccc(C(c2ccccc2)c2c(C(=O)O)[nH]c3ccccc23)cc1. The summed E-state index contributed by atoms with van der Waals surface area (Å²) in [7, 11) is 4.02. The zero-order valence-electron chi connectivity index (χ0n) is 17.7. The van der Waals surface area contributed by atoms with E-state index in [0.717, 1.165) is 39.9 Å². The number of hydrogen-bond donors (Lipinski definition) is 2. The van der Waals surface area contributed by atoms with Crippen LogP contribution in [0.1, 0.15) is 33.1 Å². The van der Waals surface area contributed by atoms with E-state index in [-0.39, 0.29) is 11.6 Å². The number of para-hydroxylation sites is 1. The highest BCUT2D eigenvalue weighted by Gasteiger charge is 2.27. The van der Waals surface area contributed by atoms with Gasteiger partial charge in [0.05, 0.1) is 0 Å². The number of carbonyl (C=O) groups is 1. The van der Waals surface area contributed by atoms with Crippen molar-refractivity contribution in [1.29, 1.82) is 0 Å². The molecule has 0 aliphatic carbocycles. The molecule has 31 heavy (non-hydrogen) atoms. The van der Waals surface area contributed by atoms with Gasteiger partial charge in [0.15, 0.2) is 0 Å². The van der Waals surface area contributed by atoms with Crippen LogP contribution in [0, 0.1) is 0 Å². The van der Waals surface area contributed by atoms with Crippen LogP contribution in [0.2, 0.25) is 0 Å². The van der Waals surface area contributed by atoms with Gasteiger partial charge in [-0.05, 0) is 43.4 Å². The van der Waals surface area contributed by atoms with Crippen LogP contribution in [0.3, 0.4) is 0 Å². The molecule has 0 fully saturated rings. The zero-order chi connectivity index (χ0) is 21.8. The summed E-state index contributed by atoms with van der Waals surface area (Å²) in [5.74, 6) is -0.384. The predicted molar refractivity (Wildman–Crippen MR) is 123 cm³/mol. The minimum Gasteiger partial charge on any atom is -0.492 e. The van der Waals surface area contributed by atoms with Crippen molar-refractivity contribution in [3.63, 3.8) is 0 Å². The molecule has 0 aliphatic heterocycles. The van der Waals surface area contributed by atoms with Crippen molar-refractivity contribution in [2.24, 2.45) is 0 Å². The Labute approximate surface area is 181 Å². The van der Waals surface area contributed by atoms with Crippen molar-refractivity contribution >= 4 is 16.9 Å². The van der Waals surface area contributed by atoms with Crippen LogP contribution >= 0.6 is 0 Å². The van der Waals surface area contributed by atoms with Gasteiger partial charge in [-0.1, -0.05) is 60.7 Å². The average Bonchev–Trinajstić information content (AvgIpc) is 3.15. The minimum absolute atomic E-state index is 0.223. The number of benzene rings is 3. The summed E-state index contributed by atoms with van der Waals surface area (Å²) in [5, 5.41) is 10.9. The third-order valence-corrected chi connectivity index (χ3v) is 5.40. The Morgan fingerprint density at radius 1 is 0.935 bits per heavy atom. The number of likely N-dealkylation sites (N-methyl/N-ethyl adjacent to an activating group) is 1. The van der Waals surface area contributed by atoms with E-state index in [4.69, 9.17) is 4.74 Å². The van der Waals surface area contributed by atoms with Crippen molar-refractivity contribution in [2.45, 2.75) is 5.92 Å². The Kier molecular flexibility index (Phi) is 6.05. The first-order valence-corrected chi connectivity index (χ1v) is 10.3. The number of nitrogens with one attached hydrogen (secondary N) is 1. The van der Waals surface area contributed by atoms with Crippen LogP contribution in [0.25, 0.3) is 10.9 Å². The van der Waals surface area contributed by atoms with Crippen LogP contribution in [-0.4, -0.2) is 48.2 Å². The van der Waals surface area contributed by atoms with Gasteiger partial charge in [-0.2, -0.15) is 0 Å². The largest absolute Gasteiger partial charge is 0.492 e. The lowest BCUT2D eigenvalue weighted by molar-refractivity contribution is 0.0690. The Hall–Kier alpha value is -3.57. The number of nitrogens with zero attached hydrogens (tertiary/aromatic N) is 1. The van der Waals surface area contributed by atoms with Gasteiger partial charge in [-0.25, -0.2) is 4.79 Å². The summed E-state index contributed by atoms with van der Waals surface area (Å²) in [4.78, 5) is 17.3. The first kappa shape index (κ1) is 20.7. The van der Waals surface area contributed by atoms with Crippen LogP contribution in [-0.2, 0) is 0 Å². The van der Waals surface area contributed by atoms with Gasteiger partial charge in [0.2, 0.25) is 0 Å². The van der Waals surface area contributed by atoms with E-state index >= 15 is 0 Å². The summed E-state index contributed by atoms with van der Waals surface area (Å²) < 4.78 is 5.84. The highest BCUT2D eigenvalue weighted by atomic mass is 16.5. The number of hydrogen-bond acceptors (Lipinski definition) is 3. The van der Waals surface area contributed by atoms with E-state index in [2.05, 4.69) is 9.88 Å². The number of rotatable bonds is 8. The van der Waals surface area contributed by atoms with Crippen molar-refractivity contribution in [3.8, 4) is 5.75 Å². The maximum atomic E-state index is 12.1. The fraction of sp³-hybridized carbons (Fsp3) is 0.192. The first-order valence-electron chi connectivity index (χ1n) is 10.3. The van der Waals surface area contributed by atoms with Crippen LogP contribution in [0.15, 0.2) is 78.9 Å². The summed E-state index contributed by atoms with van der Waals surface area (Å²) >= 11 is 0. The second-order valence-corrected chi connectivity index (χ2v) is 7.83. The first-order chi connectivity index (χ1) is 15.0. The van der Waals surface area contributed by atoms with Gasteiger partial charge in [0.25, 0.3) is 0 Å². The third-order valence-electron chi connectivity index (χ3n) is 5.40. The van der Waals surface area contributed by atoms with Crippen molar-refractivity contribution in [3.05, 3.63) is 101 Å². The Morgan fingerprint density at radius 3 is 2.26 bits per heavy atom. The molecule has 1 atom stereocenters. The van der Waals surface area contributed by atoms with Gasteiger partial charge in [-0.3, -0.25) is 0 Å². The zero-order valence-corrected chi connectivity index (χ0v) is 17.7. The van der Waals surface area contributed by atoms with Gasteiger partial charge < -0.3 is 19.7 Å². The second-order valence-electron chi connectivity index (χ2n) is 7.83. The number of ether oxygens (including phenoxy) is 1. The van der Waals surface area contributed by atoms with Gasteiger partial charge in [0, 0.05) is 28.9 Å². The molecule has 5 nitrogen and oxygen atoms in total. The molecule has 1 unspecified atom stereocenters. The number of aromatic carboxylic acids is 1. The fourth-order valence-electron chi connectivity index (χ4n) is 3.91. The number of fused-ring (bicyclic) bond motifs is 1. The summed E-state index contributed by atoms with van der Waals surface area (Å²) in [5.41, 5.74) is 3.87. The maximum absolute atomic E-state index is 12.1. The highest BCUT2D eigenvalue weighted by molar-refractivity contribution is 5.98. The lowest BCUT2D eigenvalue weighted by Crippen LogP contribution is -2.19. The molecule has 0 saturated carbocycles. The van der Waals surface area contributed by atoms with Crippen LogP contribution < -0.4 is 4.74 Å². The monoisotopic (exact) mass is 414 g/mol. The molecule has 0 aliphatic rings. The summed E-state index contributed by atoms with van der Waals surface area (Å²) in [6.45, 7) is 1.45. The minimum atomic E-state index is -0.962. The summed E-state index contributed by atoms with van der Waals surface area (Å²) in [6, 6.07) is 25.7. The molecule has 0 bridgehead atoms. The number of H-pyrrole nitrogens is 1. The smallest absolute Gasteiger partial charge is 0.352 e. The summed E-state index contributed by atoms with van der Waals surface area (Å²) in [6.07, 6.45) is 0. The van der Waals surface area contributed by atoms with E-state index in [1.165, 1.54) is 0 Å². The van der Waals surface area contributed by atoms with Crippen LogP contribution in [0.4, 0.5) is 0 Å². The highest BCUT2D eigenvalue weighted by Crippen LogP contribution is 2.39. The van der Waals surface area contributed by atoms with E-state index in [9.17, 15) is 9.90 Å². The molecule has 158 valence electrons. The molecule has 4 rings (SSSR count). The molecule has 3 aromatic carbocycles. The van der Waals surface area contributed by atoms with Gasteiger partial charge in [-0.15, -0.1) is 0 Å². The van der Waals surface area contributed by atoms with E-state index in [1.807, 2.05) is 93.0 Å². The quantitative estimate of drug-likeness (QED) is 0.426.